The smallest absolute Gasteiger partial charge is 0.112 e. The van der Waals surface area contributed by atoms with Crippen LogP contribution in [0.15, 0.2) is 12.4 Å². The average molecular weight is 202 g/mol. The van der Waals surface area contributed by atoms with Gasteiger partial charge in [0, 0.05) is 13.0 Å². The zero-order chi connectivity index (χ0) is 10.4. The van der Waals surface area contributed by atoms with Gasteiger partial charge in [-0.3, -0.25) is 4.98 Å². The van der Waals surface area contributed by atoms with Crippen molar-refractivity contribution in [1.82, 2.24) is 14.5 Å². The minimum Gasteiger partial charge on any atom is -0.396 e. The van der Waals surface area contributed by atoms with Crippen LogP contribution in [0.25, 0.3) is 11.0 Å². The maximum absolute atomic E-state index is 5.91. The Morgan fingerprint density at radius 2 is 2.20 bits per heavy atom. The van der Waals surface area contributed by atoms with Crippen molar-refractivity contribution in [2.24, 2.45) is 7.05 Å². The number of rotatable bonds is 1. The molecule has 0 saturated heterocycles. The Bertz CT molecular complexity index is 511. The second kappa shape index (κ2) is 2.95. The lowest BCUT2D eigenvalue weighted by atomic mass is 9.85. The van der Waals surface area contributed by atoms with Crippen molar-refractivity contribution in [1.29, 1.82) is 0 Å². The first-order valence-electron chi connectivity index (χ1n) is 5.33. The molecule has 0 spiro atoms. The standard InChI is InChI=1S/C11H14N4/c1-15-10-8(12)5-13-6-9(10)14-11(15)7-3-2-4-7/h5-7H,2-4,12H2,1H3. The number of aryl methyl sites for hydroxylation is 1. The van der Waals surface area contributed by atoms with Crippen molar-refractivity contribution in [2.75, 3.05) is 5.73 Å². The van der Waals surface area contributed by atoms with Crippen LogP contribution in [0.4, 0.5) is 5.69 Å². The van der Waals surface area contributed by atoms with E-state index in [4.69, 9.17) is 5.73 Å². The van der Waals surface area contributed by atoms with Crippen molar-refractivity contribution in [3.63, 3.8) is 0 Å². The fraction of sp³-hybridized carbons (Fsp3) is 0.455. The lowest BCUT2D eigenvalue weighted by molar-refractivity contribution is 0.395. The summed E-state index contributed by atoms with van der Waals surface area (Å²) in [6, 6.07) is 0. The van der Waals surface area contributed by atoms with E-state index < -0.39 is 0 Å². The molecular weight excluding hydrogens is 188 g/mol. The molecule has 4 heteroatoms. The Morgan fingerprint density at radius 3 is 2.80 bits per heavy atom. The number of anilines is 1. The molecule has 3 rings (SSSR count). The lowest BCUT2D eigenvalue weighted by Gasteiger charge is -2.24. The average Bonchev–Trinajstić information content (AvgIpc) is 2.43. The number of aromatic nitrogens is 3. The second-order valence-corrected chi connectivity index (χ2v) is 4.25. The largest absolute Gasteiger partial charge is 0.396 e. The molecule has 4 nitrogen and oxygen atoms in total. The van der Waals surface area contributed by atoms with Gasteiger partial charge < -0.3 is 10.3 Å². The molecule has 0 unspecified atom stereocenters. The van der Waals surface area contributed by atoms with Crippen LogP contribution >= 0.6 is 0 Å². The van der Waals surface area contributed by atoms with Gasteiger partial charge in [0.1, 0.15) is 11.3 Å². The summed E-state index contributed by atoms with van der Waals surface area (Å²) < 4.78 is 2.12. The summed E-state index contributed by atoms with van der Waals surface area (Å²) in [6.45, 7) is 0. The van der Waals surface area contributed by atoms with Crippen LogP contribution in [0, 0.1) is 0 Å². The molecule has 2 N–H and O–H groups in total. The monoisotopic (exact) mass is 202 g/mol. The fourth-order valence-corrected chi connectivity index (χ4v) is 2.25. The van der Waals surface area contributed by atoms with Crippen LogP contribution in [0.1, 0.15) is 31.0 Å². The first-order chi connectivity index (χ1) is 7.27. The fourth-order valence-electron chi connectivity index (χ4n) is 2.25. The van der Waals surface area contributed by atoms with E-state index in [0.717, 1.165) is 16.9 Å². The minimum atomic E-state index is 0.627. The van der Waals surface area contributed by atoms with Gasteiger partial charge in [-0.15, -0.1) is 0 Å². The summed E-state index contributed by atoms with van der Waals surface area (Å²) in [5.41, 5.74) is 8.56. The normalized spacial score (nSPS) is 16.9. The molecule has 0 aromatic carbocycles. The topological polar surface area (TPSA) is 56.7 Å². The van der Waals surface area contributed by atoms with Crippen LogP contribution in [0.2, 0.25) is 0 Å². The number of pyridine rings is 1. The first-order valence-corrected chi connectivity index (χ1v) is 5.33. The van der Waals surface area contributed by atoms with Crippen molar-refractivity contribution >= 4 is 16.7 Å². The molecule has 2 aromatic heterocycles. The number of hydrogen-bond donors (Lipinski definition) is 1. The summed E-state index contributed by atoms with van der Waals surface area (Å²) in [6.07, 6.45) is 7.30. The van der Waals surface area contributed by atoms with Gasteiger partial charge in [-0.05, 0) is 12.8 Å². The van der Waals surface area contributed by atoms with Gasteiger partial charge in [-0.25, -0.2) is 4.98 Å². The molecule has 0 radical (unpaired) electrons. The zero-order valence-electron chi connectivity index (χ0n) is 8.77. The number of hydrogen-bond acceptors (Lipinski definition) is 3. The molecule has 0 aliphatic heterocycles. The highest BCUT2D eigenvalue weighted by molar-refractivity contribution is 5.86. The summed E-state index contributed by atoms with van der Waals surface area (Å²) in [5.74, 6) is 1.79. The summed E-state index contributed by atoms with van der Waals surface area (Å²) >= 11 is 0. The Labute approximate surface area is 88.1 Å². The molecule has 1 saturated carbocycles. The van der Waals surface area contributed by atoms with Gasteiger partial charge in [0.25, 0.3) is 0 Å². The molecule has 1 aliphatic rings. The van der Waals surface area contributed by atoms with E-state index in [1.165, 1.54) is 19.3 Å². The third kappa shape index (κ3) is 1.14. The van der Waals surface area contributed by atoms with E-state index in [1.54, 1.807) is 12.4 Å². The van der Waals surface area contributed by atoms with E-state index in [9.17, 15) is 0 Å². The van der Waals surface area contributed by atoms with E-state index >= 15 is 0 Å². The molecule has 78 valence electrons. The van der Waals surface area contributed by atoms with E-state index in [1.807, 2.05) is 7.05 Å². The quantitative estimate of drug-likeness (QED) is 0.767. The molecule has 0 bridgehead atoms. The molecule has 1 aliphatic carbocycles. The molecule has 2 heterocycles. The Balaban J connectivity index is 2.24. The van der Waals surface area contributed by atoms with Crippen molar-refractivity contribution < 1.29 is 0 Å². The maximum Gasteiger partial charge on any atom is 0.112 e. The van der Waals surface area contributed by atoms with Crippen LogP contribution in [-0.2, 0) is 7.05 Å². The Hall–Kier alpha value is -1.58. The van der Waals surface area contributed by atoms with Gasteiger partial charge in [0.2, 0.25) is 0 Å². The first kappa shape index (κ1) is 8.71. The molecule has 0 atom stereocenters. The molecular formula is C11H14N4. The molecule has 1 fully saturated rings. The predicted molar refractivity (Wildman–Crippen MR) is 59.5 cm³/mol. The van der Waals surface area contributed by atoms with E-state index in [2.05, 4.69) is 14.5 Å². The summed E-state index contributed by atoms with van der Waals surface area (Å²) in [7, 11) is 2.04. The summed E-state index contributed by atoms with van der Waals surface area (Å²) in [5, 5.41) is 0. The van der Waals surface area contributed by atoms with Gasteiger partial charge in [0.05, 0.1) is 23.6 Å². The van der Waals surface area contributed by atoms with Crippen molar-refractivity contribution in [2.45, 2.75) is 25.2 Å². The molecule has 15 heavy (non-hydrogen) atoms. The maximum atomic E-state index is 5.91. The van der Waals surface area contributed by atoms with Gasteiger partial charge in [-0.1, -0.05) is 6.42 Å². The van der Waals surface area contributed by atoms with E-state index in [-0.39, 0.29) is 0 Å². The van der Waals surface area contributed by atoms with Crippen LogP contribution in [0.3, 0.4) is 0 Å². The number of imidazole rings is 1. The highest BCUT2D eigenvalue weighted by Gasteiger charge is 2.25. The minimum absolute atomic E-state index is 0.627. The third-order valence-corrected chi connectivity index (χ3v) is 3.31. The number of nitrogen functional groups attached to an aromatic ring is 1. The van der Waals surface area contributed by atoms with Crippen LogP contribution in [0.5, 0.6) is 0 Å². The third-order valence-electron chi connectivity index (χ3n) is 3.31. The second-order valence-electron chi connectivity index (χ2n) is 4.25. The zero-order valence-corrected chi connectivity index (χ0v) is 8.77. The SMILES string of the molecule is Cn1c(C2CCC2)nc2cncc(N)c21. The van der Waals surface area contributed by atoms with Gasteiger partial charge in [-0.2, -0.15) is 0 Å². The Morgan fingerprint density at radius 1 is 1.40 bits per heavy atom. The van der Waals surface area contributed by atoms with Gasteiger partial charge in [0.15, 0.2) is 0 Å². The molecule has 2 aromatic rings. The van der Waals surface area contributed by atoms with Crippen molar-refractivity contribution in [3.8, 4) is 0 Å². The van der Waals surface area contributed by atoms with Crippen LogP contribution in [-0.4, -0.2) is 14.5 Å². The molecule has 0 amide bonds. The lowest BCUT2D eigenvalue weighted by Crippen LogP contribution is -2.13. The van der Waals surface area contributed by atoms with Crippen LogP contribution < -0.4 is 5.73 Å². The number of nitrogens with two attached hydrogens (primary N) is 1. The highest BCUT2D eigenvalue weighted by Crippen LogP contribution is 2.37. The number of fused-ring (bicyclic) bond motifs is 1. The predicted octanol–water partition coefficient (Wildman–Crippen LogP) is 1.82. The Kier molecular flexibility index (Phi) is 1.71. The summed E-state index contributed by atoms with van der Waals surface area (Å²) in [4.78, 5) is 8.68. The van der Waals surface area contributed by atoms with Crippen molar-refractivity contribution in [3.05, 3.63) is 18.2 Å². The number of nitrogens with zero attached hydrogens (tertiary/aromatic N) is 3. The van der Waals surface area contributed by atoms with E-state index in [0.29, 0.717) is 11.6 Å². The van der Waals surface area contributed by atoms with Gasteiger partial charge >= 0.3 is 0 Å². The highest BCUT2D eigenvalue weighted by atomic mass is 15.1.